The van der Waals surface area contributed by atoms with Gasteiger partial charge in [0, 0.05) is 18.7 Å². The molecule has 144 valence electrons. The molecule has 13 heteroatoms. The van der Waals surface area contributed by atoms with Crippen LogP contribution in [0.4, 0.5) is 0 Å². The molecule has 0 radical (unpaired) electrons. The molecule has 1 unspecified atom stereocenters. The molecular formula is C13H17Cl2N5O5S. The first-order valence-electron chi connectivity index (χ1n) is 7.03. The van der Waals surface area contributed by atoms with Crippen LogP contribution in [-0.2, 0) is 19.6 Å². The molecule has 0 spiro atoms. The van der Waals surface area contributed by atoms with E-state index in [9.17, 15) is 18.0 Å². The molecule has 1 saturated heterocycles. The first-order chi connectivity index (χ1) is 11.7. The third-order valence-electron chi connectivity index (χ3n) is 3.15. The molecule has 6 N–H and O–H groups in total. The number of amides is 2. The summed E-state index contributed by atoms with van der Waals surface area (Å²) in [7, 11) is -4.33. The van der Waals surface area contributed by atoms with Crippen molar-refractivity contribution in [2.24, 2.45) is 16.5 Å². The standard InChI is InChI=1S/C13H16ClN5O5S.ClH/c14-8-2-1-7(11(20)18-13(15)16)5-10(8)25(22,23)19-12(21)9-6-17-3-4-24-9;/h1-2,5,9,17H,3-4,6H2,(H,19,21)(H4,15,16,18,20);1H. The minimum Gasteiger partial charge on any atom is -0.370 e. The fourth-order valence-electron chi connectivity index (χ4n) is 2.01. The van der Waals surface area contributed by atoms with E-state index in [0.717, 1.165) is 6.07 Å². The number of nitrogens with two attached hydrogens (primary N) is 2. The third-order valence-corrected chi connectivity index (χ3v) is 4.98. The van der Waals surface area contributed by atoms with Crippen LogP contribution in [-0.4, -0.2) is 52.0 Å². The largest absolute Gasteiger partial charge is 0.370 e. The van der Waals surface area contributed by atoms with E-state index in [1.165, 1.54) is 12.1 Å². The summed E-state index contributed by atoms with van der Waals surface area (Å²) in [6.45, 7) is 1.02. The maximum atomic E-state index is 12.4. The number of halogens is 2. The highest BCUT2D eigenvalue weighted by molar-refractivity contribution is 7.90. The Hall–Kier alpha value is -1.92. The third kappa shape index (κ3) is 5.54. The lowest BCUT2D eigenvalue weighted by atomic mass is 10.2. The zero-order valence-corrected chi connectivity index (χ0v) is 15.7. The highest BCUT2D eigenvalue weighted by atomic mass is 35.5. The van der Waals surface area contributed by atoms with Gasteiger partial charge in [-0.1, -0.05) is 11.6 Å². The minimum atomic E-state index is -4.33. The van der Waals surface area contributed by atoms with Crippen LogP contribution in [0.2, 0.25) is 5.02 Å². The summed E-state index contributed by atoms with van der Waals surface area (Å²) in [6.07, 6.45) is -0.950. The quantitative estimate of drug-likeness (QED) is 0.350. The van der Waals surface area contributed by atoms with Crippen molar-refractivity contribution in [3.63, 3.8) is 0 Å². The second-order valence-electron chi connectivity index (χ2n) is 5.02. The van der Waals surface area contributed by atoms with Crippen molar-refractivity contribution in [1.29, 1.82) is 0 Å². The van der Waals surface area contributed by atoms with Crippen LogP contribution in [0.5, 0.6) is 0 Å². The van der Waals surface area contributed by atoms with Gasteiger partial charge in [-0.15, -0.1) is 12.4 Å². The number of hydrogen-bond donors (Lipinski definition) is 4. The highest BCUT2D eigenvalue weighted by Crippen LogP contribution is 2.23. The summed E-state index contributed by atoms with van der Waals surface area (Å²) in [6, 6.07) is 3.42. The lowest BCUT2D eigenvalue weighted by molar-refractivity contribution is -0.132. The second-order valence-corrected chi connectivity index (χ2v) is 7.08. The first kappa shape index (κ1) is 22.1. The maximum absolute atomic E-state index is 12.4. The average molecular weight is 426 g/mol. The van der Waals surface area contributed by atoms with E-state index in [2.05, 4.69) is 10.3 Å². The molecule has 1 aromatic carbocycles. The summed E-state index contributed by atoms with van der Waals surface area (Å²) in [5, 5.41) is 2.73. The van der Waals surface area contributed by atoms with Crippen molar-refractivity contribution in [3.05, 3.63) is 28.8 Å². The van der Waals surface area contributed by atoms with Gasteiger partial charge in [-0.25, -0.2) is 13.1 Å². The average Bonchev–Trinajstić information content (AvgIpc) is 2.54. The summed E-state index contributed by atoms with van der Waals surface area (Å²) < 4.78 is 31.9. The molecule has 1 atom stereocenters. The molecule has 1 aliphatic rings. The Morgan fingerprint density at radius 1 is 1.35 bits per heavy atom. The Balaban J connectivity index is 0.00000338. The Kier molecular flexibility index (Phi) is 7.78. The smallest absolute Gasteiger partial charge is 0.280 e. The molecule has 0 aromatic heterocycles. The lowest BCUT2D eigenvalue weighted by Gasteiger charge is -2.22. The number of sulfonamides is 1. The summed E-state index contributed by atoms with van der Waals surface area (Å²) in [5.41, 5.74) is 10.1. The molecule has 0 bridgehead atoms. The highest BCUT2D eigenvalue weighted by Gasteiger charge is 2.28. The predicted molar refractivity (Wildman–Crippen MR) is 96.8 cm³/mol. The fraction of sp³-hybridized carbons (Fsp3) is 0.308. The lowest BCUT2D eigenvalue weighted by Crippen LogP contribution is -2.49. The molecule has 26 heavy (non-hydrogen) atoms. The van der Waals surface area contributed by atoms with Crippen molar-refractivity contribution < 1.29 is 22.7 Å². The van der Waals surface area contributed by atoms with E-state index in [0.29, 0.717) is 6.54 Å². The summed E-state index contributed by atoms with van der Waals surface area (Å²) in [5.74, 6) is -2.16. The Morgan fingerprint density at radius 3 is 2.62 bits per heavy atom. The maximum Gasteiger partial charge on any atom is 0.280 e. The molecule has 1 aliphatic heterocycles. The van der Waals surface area contributed by atoms with E-state index >= 15 is 0 Å². The normalized spacial score (nSPS) is 16.9. The minimum absolute atomic E-state index is 0. The van der Waals surface area contributed by atoms with E-state index < -0.39 is 38.8 Å². The van der Waals surface area contributed by atoms with Gasteiger partial charge in [-0.05, 0) is 18.2 Å². The molecule has 1 fully saturated rings. The van der Waals surface area contributed by atoms with Gasteiger partial charge in [0.25, 0.3) is 21.8 Å². The number of nitrogens with one attached hydrogen (secondary N) is 2. The molecule has 0 saturated carbocycles. The number of hydrogen-bond acceptors (Lipinski definition) is 6. The van der Waals surface area contributed by atoms with Crippen LogP contribution in [0.25, 0.3) is 0 Å². The summed E-state index contributed by atoms with van der Waals surface area (Å²) >= 11 is 5.89. The predicted octanol–water partition coefficient (Wildman–Crippen LogP) is -1.03. The zero-order chi connectivity index (χ0) is 18.6. The van der Waals surface area contributed by atoms with E-state index in [-0.39, 0.29) is 36.1 Å². The molecule has 0 aliphatic carbocycles. The Labute approximate surface area is 160 Å². The number of carbonyl (C=O) groups is 2. The molecule has 10 nitrogen and oxygen atoms in total. The van der Waals surface area contributed by atoms with Gasteiger partial charge in [-0.3, -0.25) is 9.59 Å². The Bertz CT molecular complexity index is 820. The van der Waals surface area contributed by atoms with Gasteiger partial charge in [-0.2, -0.15) is 4.99 Å². The van der Waals surface area contributed by atoms with Gasteiger partial charge >= 0.3 is 0 Å². The number of aliphatic imine (C=N–C) groups is 1. The van der Waals surface area contributed by atoms with Crippen molar-refractivity contribution in [2.75, 3.05) is 19.7 Å². The SMILES string of the molecule is Cl.NC(N)=NC(=O)c1ccc(Cl)c(S(=O)(=O)NC(=O)C2CNCCO2)c1. The number of rotatable bonds is 4. The fourth-order valence-corrected chi connectivity index (χ4v) is 3.55. The van der Waals surface area contributed by atoms with E-state index in [1.54, 1.807) is 0 Å². The van der Waals surface area contributed by atoms with Crippen LogP contribution in [0.1, 0.15) is 10.4 Å². The monoisotopic (exact) mass is 425 g/mol. The summed E-state index contributed by atoms with van der Waals surface area (Å²) in [4.78, 5) is 26.7. The molecule has 1 heterocycles. The van der Waals surface area contributed by atoms with Gasteiger partial charge in [0.1, 0.15) is 11.0 Å². The Morgan fingerprint density at radius 2 is 2.04 bits per heavy atom. The van der Waals surface area contributed by atoms with Gasteiger partial charge < -0.3 is 21.5 Å². The number of benzene rings is 1. The molecule has 2 rings (SSSR count). The molecular weight excluding hydrogens is 409 g/mol. The molecule has 2 amide bonds. The molecule has 1 aromatic rings. The number of ether oxygens (including phenoxy) is 1. The first-order valence-corrected chi connectivity index (χ1v) is 8.89. The van der Waals surface area contributed by atoms with E-state index in [1.807, 2.05) is 4.72 Å². The zero-order valence-electron chi connectivity index (χ0n) is 13.3. The van der Waals surface area contributed by atoms with Crippen molar-refractivity contribution in [1.82, 2.24) is 10.0 Å². The number of guanidine groups is 1. The second kappa shape index (κ2) is 9.14. The van der Waals surface area contributed by atoms with Crippen LogP contribution in [0.3, 0.4) is 0 Å². The number of morpholine rings is 1. The van der Waals surface area contributed by atoms with Crippen LogP contribution in [0, 0.1) is 0 Å². The van der Waals surface area contributed by atoms with E-state index in [4.69, 9.17) is 27.8 Å². The number of carbonyl (C=O) groups excluding carboxylic acids is 2. The topological polar surface area (TPSA) is 166 Å². The van der Waals surface area contributed by atoms with Crippen molar-refractivity contribution in [3.8, 4) is 0 Å². The van der Waals surface area contributed by atoms with Gasteiger partial charge in [0.15, 0.2) is 5.96 Å². The van der Waals surface area contributed by atoms with Crippen LogP contribution >= 0.6 is 24.0 Å². The van der Waals surface area contributed by atoms with Crippen LogP contribution in [0.15, 0.2) is 28.1 Å². The number of nitrogens with zero attached hydrogens (tertiary/aromatic N) is 1. The van der Waals surface area contributed by atoms with Crippen molar-refractivity contribution >= 4 is 51.8 Å². The van der Waals surface area contributed by atoms with Crippen LogP contribution < -0.4 is 21.5 Å². The van der Waals surface area contributed by atoms with Crippen molar-refractivity contribution in [2.45, 2.75) is 11.0 Å². The van der Waals surface area contributed by atoms with Gasteiger partial charge in [0.05, 0.1) is 11.6 Å². The van der Waals surface area contributed by atoms with Gasteiger partial charge in [0.2, 0.25) is 0 Å².